The Morgan fingerprint density at radius 1 is 0.581 bits per heavy atom. The maximum atomic E-state index is 12.5. The third kappa shape index (κ3) is 3.00. The second-order valence-electron chi connectivity index (χ2n) is 7.07. The number of aryl methyl sites for hydroxylation is 4. The standard InChI is InChI=1S/C17H20N8O4S2/c1-20-8-10(22(3)16(28)24(5)12(8)26)18-14(20)30-7-31-15-19-11-9(21(15)2)13(27)25(6)17(29)23(11)4/h7H2,1-6H3. The molecule has 0 aliphatic carbocycles. The van der Waals surface area contributed by atoms with Crippen molar-refractivity contribution in [2.75, 3.05) is 5.08 Å². The highest BCUT2D eigenvalue weighted by Gasteiger charge is 2.19. The molecule has 4 heterocycles. The molecule has 4 aromatic rings. The molecule has 4 aromatic heterocycles. The van der Waals surface area contributed by atoms with E-state index in [0.717, 1.165) is 9.13 Å². The highest BCUT2D eigenvalue weighted by Crippen LogP contribution is 2.28. The lowest BCUT2D eigenvalue weighted by Gasteiger charge is -2.04. The van der Waals surface area contributed by atoms with E-state index < -0.39 is 22.5 Å². The van der Waals surface area contributed by atoms with E-state index in [-0.39, 0.29) is 0 Å². The third-order valence-corrected chi connectivity index (χ3v) is 7.43. The zero-order chi connectivity index (χ0) is 22.8. The summed E-state index contributed by atoms with van der Waals surface area (Å²) >= 11 is 2.75. The van der Waals surface area contributed by atoms with Gasteiger partial charge in [-0.15, -0.1) is 0 Å². The number of aromatic nitrogens is 8. The first-order valence-electron chi connectivity index (χ1n) is 9.06. The van der Waals surface area contributed by atoms with Gasteiger partial charge in [-0.25, -0.2) is 19.6 Å². The minimum absolute atomic E-state index is 0.323. The van der Waals surface area contributed by atoms with Gasteiger partial charge >= 0.3 is 11.4 Å². The van der Waals surface area contributed by atoms with Gasteiger partial charge in [-0.2, -0.15) is 0 Å². The second kappa shape index (κ2) is 7.30. The SMILES string of the molecule is Cn1c(=O)c2c(nc(SCSc3nc4c(c(=O)n(C)c(=O)n4C)n3C)n2C)n(C)c1=O. The molecule has 12 nitrogen and oxygen atoms in total. The molecule has 0 bridgehead atoms. The first-order chi connectivity index (χ1) is 14.6. The first kappa shape index (κ1) is 21.2. The van der Waals surface area contributed by atoms with Gasteiger partial charge in [0, 0.05) is 42.3 Å². The molecule has 164 valence electrons. The molecule has 0 fully saturated rings. The molecular weight excluding hydrogens is 444 g/mol. The molecule has 0 aliphatic heterocycles. The Kier molecular flexibility index (Phi) is 5.00. The largest absolute Gasteiger partial charge is 0.332 e. The monoisotopic (exact) mass is 464 g/mol. The van der Waals surface area contributed by atoms with Crippen LogP contribution < -0.4 is 22.5 Å². The Morgan fingerprint density at radius 3 is 1.29 bits per heavy atom. The number of nitrogens with zero attached hydrogens (tertiary/aromatic N) is 8. The van der Waals surface area contributed by atoms with Gasteiger partial charge in [-0.05, 0) is 0 Å². The molecular formula is C17H20N8O4S2. The Bertz CT molecular complexity index is 1490. The molecule has 0 saturated heterocycles. The summed E-state index contributed by atoms with van der Waals surface area (Å²) in [5.74, 6) is 0. The van der Waals surface area contributed by atoms with Crippen LogP contribution in [-0.4, -0.2) is 42.5 Å². The van der Waals surface area contributed by atoms with E-state index in [1.165, 1.54) is 46.8 Å². The first-order valence-corrected chi connectivity index (χ1v) is 11.0. The van der Waals surface area contributed by atoms with E-state index in [4.69, 9.17) is 0 Å². The van der Waals surface area contributed by atoms with Crippen molar-refractivity contribution in [3.63, 3.8) is 0 Å². The lowest BCUT2D eigenvalue weighted by atomic mass is 10.5. The quantitative estimate of drug-likeness (QED) is 0.281. The van der Waals surface area contributed by atoms with Crippen molar-refractivity contribution in [2.24, 2.45) is 42.3 Å². The van der Waals surface area contributed by atoms with Crippen LogP contribution in [0.2, 0.25) is 0 Å². The van der Waals surface area contributed by atoms with E-state index in [1.54, 1.807) is 37.3 Å². The van der Waals surface area contributed by atoms with Gasteiger partial charge in [0.15, 0.2) is 32.6 Å². The van der Waals surface area contributed by atoms with Gasteiger partial charge in [0.25, 0.3) is 11.1 Å². The van der Waals surface area contributed by atoms with Gasteiger partial charge in [0.05, 0.1) is 5.08 Å². The van der Waals surface area contributed by atoms with Gasteiger partial charge < -0.3 is 9.13 Å². The highest BCUT2D eigenvalue weighted by molar-refractivity contribution is 8.15. The number of hydrogen-bond acceptors (Lipinski definition) is 8. The van der Waals surface area contributed by atoms with Gasteiger partial charge in [0.2, 0.25) is 0 Å². The molecule has 0 aromatic carbocycles. The Morgan fingerprint density at radius 2 is 0.935 bits per heavy atom. The summed E-state index contributed by atoms with van der Waals surface area (Å²) in [7, 11) is 9.47. The number of hydrogen-bond donors (Lipinski definition) is 0. The zero-order valence-electron chi connectivity index (χ0n) is 17.7. The number of fused-ring (bicyclic) bond motifs is 2. The van der Waals surface area contributed by atoms with Crippen LogP contribution in [0.1, 0.15) is 0 Å². The molecule has 4 rings (SSSR count). The Hall–Kier alpha value is -3.00. The fourth-order valence-corrected chi connectivity index (χ4v) is 5.34. The van der Waals surface area contributed by atoms with Crippen LogP contribution in [0.4, 0.5) is 0 Å². The van der Waals surface area contributed by atoms with Crippen molar-refractivity contribution in [3.8, 4) is 0 Å². The van der Waals surface area contributed by atoms with Crippen LogP contribution >= 0.6 is 23.5 Å². The average molecular weight is 465 g/mol. The number of rotatable bonds is 4. The molecule has 0 atom stereocenters. The van der Waals surface area contributed by atoms with E-state index in [9.17, 15) is 19.2 Å². The normalized spacial score (nSPS) is 11.8. The smallest absolute Gasteiger partial charge is 0.316 e. The summed E-state index contributed by atoms with van der Waals surface area (Å²) in [5.41, 5.74) is -0.341. The van der Waals surface area contributed by atoms with Gasteiger partial charge in [-0.3, -0.25) is 27.9 Å². The molecule has 0 radical (unpaired) electrons. The van der Waals surface area contributed by atoms with Gasteiger partial charge in [-0.1, -0.05) is 23.5 Å². The average Bonchev–Trinajstić information content (AvgIpc) is 3.25. The van der Waals surface area contributed by atoms with E-state index in [0.29, 0.717) is 37.7 Å². The number of imidazole rings is 2. The maximum Gasteiger partial charge on any atom is 0.332 e. The Labute approximate surface area is 182 Å². The lowest BCUT2D eigenvalue weighted by Crippen LogP contribution is -2.37. The van der Waals surface area contributed by atoms with E-state index in [2.05, 4.69) is 9.97 Å². The topological polar surface area (TPSA) is 124 Å². The fourth-order valence-electron chi connectivity index (χ4n) is 3.39. The van der Waals surface area contributed by atoms with Crippen LogP contribution in [0.3, 0.4) is 0 Å². The maximum absolute atomic E-state index is 12.5. The molecule has 0 aliphatic rings. The lowest BCUT2D eigenvalue weighted by molar-refractivity contribution is 0.705. The molecule has 0 N–H and O–H groups in total. The minimum Gasteiger partial charge on any atom is -0.316 e. The summed E-state index contributed by atoms with van der Waals surface area (Å²) < 4.78 is 8.12. The molecule has 0 amide bonds. The third-order valence-electron chi connectivity index (χ3n) is 5.24. The van der Waals surface area contributed by atoms with Crippen molar-refractivity contribution >= 4 is 45.9 Å². The fraction of sp³-hybridized carbons (Fsp3) is 0.412. The number of thioether (sulfide) groups is 2. The van der Waals surface area contributed by atoms with Crippen LogP contribution in [0.5, 0.6) is 0 Å². The van der Waals surface area contributed by atoms with Crippen molar-refractivity contribution in [1.29, 1.82) is 0 Å². The molecule has 0 spiro atoms. The van der Waals surface area contributed by atoms with Crippen LogP contribution in [0.25, 0.3) is 22.3 Å². The molecule has 0 saturated carbocycles. The summed E-state index contributed by atoms with van der Waals surface area (Å²) in [4.78, 5) is 58.2. The predicted octanol–water partition coefficient (Wildman–Crippen LogP) is -0.903. The van der Waals surface area contributed by atoms with Crippen LogP contribution in [-0.2, 0) is 42.3 Å². The van der Waals surface area contributed by atoms with E-state index >= 15 is 0 Å². The van der Waals surface area contributed by atoms with Crippen molar-refractivity contribution < 1.29 is 0 Å². The second-order valence-corrected chi connectivity index (χ2v) is 9.32. The summed E-state index contributed by atoms with van der Waals surface area (Å²) in [6.45, 7) is 0. The minimum atomic E-state index is -0.437. The van der Waals surface area contributed by atoms with Gasteiger partial charge in [0.1, 0.15) is 0 Å². The van der Waals surface area contributed by atoms with Crippen molar-refractivity contribution in [3.05, 3.63) is 41.7 Å². The van der Waals surface area contributed by atoms with Crippen molar-refractivity contribution in [1.82, 2.24) is 37.4 Å². The molecule has 14 heteroatoms. The predicted molar refractivity (Wildman–Crippen MR) is 119 cm³/mol. The molecule has 31 heavy (non-hydrogen) atoms. The van der Waals surface area contributed by atoms with E-state index in [1.807, 2.05) is 0 Å². The van der Waals surface area contributed by atoms with Crippen LogP contribution in [0.15, 0.2) is 29.5 Å². The van der Waals surface area contributed by atoms with Crippen LogP contribution in [0, 0.1) is 0 Å². The Balaban J connectivity index is 1.68. The summed E-state index contributed by atoms with van der Waals surface area (Å²) in [6, 6.07) is 0. The summed E-state index contributed by atoms with van der Waals surface area (Å²) in [6.07, 6.45) is 0. The van der Waals surface area contributed by atoms with Crippen molar-refractivity contribution in [2.45, 2.75) is 10.3 Å². The summed E-state index contributed by atoms with van der Waals surface area (Å²) in [5, 5.41) is 1.63. The molecule has 0 unspecified atom stereocenters. The highest BCUT2D eigenvalue weighted by atomic mass is 32.2. The zero-order valence-corrected chi connectivity index (χ0v) is 19.4.